The van der Waals surface area contributed by atoms with Gasteiger partial charge < -0.3 is 11.1 Å². The monoisotopic (exact) mass is 226 g/mol. The van der Waals surface area contributed by atoms with E-state index in [0.717, 1.165) is 16.8 Å². The molecule has 0 aliphatic heterocycles. The number of benzene rings is 2. The van der Waals surface area contributed by atoms with Gasteiger partial charge in [0.1, 0.15) is 0 Å². The van der Waals surface area contributed by atoms with Gasteiger partial charge in [-0.15, -0.1) is 0 Å². The molecular weight excluding hydrogens is 212 g/mol. The van der Waals surface area contributed by atoms with Gasteiger partial charge in [0.2, 0.25) is 5.91 Å². The van der Waals surface area contributed by atoms with Crippen LogP contribution in [0.15, 0.2) is 54.6 Å². The Morgan fingerprint density at radius 2 is 1.65 bits per heavy atom. The quantitative estimate of drug-likeness (QED) is 0.840. The number of primary amides is 1. The number of carbonyl (C=O) groups excluding carboxylic acids is 1. The Labute approximate surface area is 100 Å². The second kappa shape index (κ2) is 5.16. The number of hydrogen-bond donors (Lipinski definition) is 2. The first-order valence-electron chi connectivity index (χ1n) is 5.44. The van der Waals surface area contributed by atoms with Gasteiger partial charge in [0, 0.05) is 11.3 Å². The van der Waals surface area contributed by atoms with Gasteiger partial charge in [0.15, 0.2) is 0 Å². The van der Waals surface area contributed by atoms with Crippen molar-refractivity contribution in [2.75, 3.05) is 11.9 Å². The van der Waals surface area contributed by atoms with Crippen LogP contribution in [-0.2, 0) is 4.79 Å². The van der Waals surface area contributed by atoms with Gasteiger partial charge in [-0.25, -0.2) is 0 Å². The average Bonchev–Trinajstić information content (AvgIpc) is 2.38. The zero-order valence-corrected chi connectivity index (χ0v) is 9.39. The molecule has 2 aromatic rings. The molecule has 0 aliphatic rings. The molecule has 0 bridgehead atoms. The maximum atomic E-state index is 10.8. The van der Waals surface area contributed by atoms with Crippen molar-refractivity contribution in [2.45, 2.75) is 0 Å². The fourth-order valence-electron chi connectivity index (χ4n) is 1.69. The van der Waals surface area contributed by atoms with Crippen molar-refractivity contribution < 1.29 is 4.79 Å². The van der Waals surface area contributed by atoms with Crippen molar-refractivity contribution in [1.29, 1.82) is 0 Å². The van der Waals surface area contributed by atoms with E-state index in [2.05, 4.69) is 5.32 Å². The van der Waals surface area contributed by atoms with Crippen molar-refractivity contribution in [1.82, 2.24) is 0 Å². The molecule has 0 unspecified atom stereocenters. The van der Waals surface area contributed by atoms with E-state index in [-0.39, 0.29) is 12.5 Å². The normalized spacial score (nSPS) is 9.88. The minimum Gasteiger partial charge on any atom is -0.376 e. The second-order valence-corrected chi connectivity index (χ2v) is 3.73. The van der Waals surface area contributed by atoms with Crippen LogP contribution in [0.3, 0.4) is 0 Å². The van der Waals surface area contributed by atoms with Gasteiger partial charge in [-0.2, -0.15) is 0 Å². The van der Waals surface area contributed by atoms with Crippen molar-refractivity contribution >= 4 is 11.6 Å². The first-order valence-corrected chi connectivity index (χ1v) is 5.44. The summed E-state index contributed by atoms with van der Waals surface area (Å²) in [7, 11) is 0. The van der Waals surface area contributed by atoms with Gasteiger partial charge in [-0.3, -0.25) is 4.79 Å². The summed E-state index contributed by atoms with van der Waals surface area (Å²) >= 11 is 0. The zero-order valence-electron chi connectivity index (χ0n) is 9.39. The zero-order chi connectivity index (χ0) is 12.1. The minimum absolute atomic E-state index is 0.143. The predicted molar refractivity (Wildman–Crippen MR) is 69.6 cm³/mol. The molecule has 3 heteroatoms. The summed E-state index contributed by atoms with van der Waals surface area (Å²) < 4.78 is 0. The molecule has 0 atom stereocenters. The third-order valence-corrected chi connectivity index (χ3v) is 2.46. The number of hydrogen-bond acceptors (Lipinski definition) is 2. The van der Waals surface area contributed by atoms with E-state index in [4.69, 9.17) is 5.73 Å². The van der Waals surface area contributed by atoms with Crippen LogP contribution < -0.4 is 11.1 Å². The van der Waals surface area contributed by atoms with Crippen LogP contribution in [0.2, 0.25) is 0 Å². The summed E-state index contributed by atoms with van der Waals surface area (Å²) in [5, 5.41) is 3.04. The predicted octanol–water partition coefficient (Wildman–Crippen LogP) is 2.25. The van der Waals surface area contributed by atoms with Crippen molar-refractivity contribution in [3.63, 3.8) is 0 Å². The number of nitrogens with two attached hydrogens (primary N) is 1. The lowest BCUT2D eigenvalue weighted by molar-refractivity contribution is -0.116. The van der Waals surface area contributed by atoms with Crippen molar-refractivity contribution in [3.05, 3.63) is 54.6 Å². The number of amides is 1. The Kier molecular flexibility index (Phi) is 3.40. The summed E-state index contributed by atoms with van der Waals surface area (Å²) in [5.74, 6) is -0.368. The Morgan fingerprint density at radius 3 is 2.35 bits per heavy atom. The van der Waals surface area contributed by atoms with Crippen LogP contribution in [0.4, 0.5) is 5.69 Å². The minimum atomic E-state index is -0.368. The van der Waals surface area contributed by atoms with Crippen molar-refractivity contribution in [2.24, 2.45) is 5.73 Å². The molecule has 0 spiro atoms. The van der Waals surface area contributed by atoms with Crippen LogP contribution in [0, 0.1) is 0 Å². The number of anilines is 1. The van der Waals surface area contributed by atoms with Crippen LogP contribution in [-0.4, -0.2) is 12.5 Å². The highest BCUT2D eigenvalue weighted by Crippen LogP contribution is 2.27. The number of rotatable bonds is 4. The molecule has 1 amide bonds. The van der Waals surface area contributed by atoms with Crippen molar-refractivity contribution in [3.8, 4) is 11.1 Å². The molecular formula is C14H14N2O. The lowest BCUT2D eigenvalue weighted by Crippen LogP contribution is -2.22. The number of para-hydroxylation sites is 1. The topological polar surface area (TPSA) is 55.1 Å². The second-order valence-electron chi connectivity index (χ2n) is 3.73. The molecule has 86 valence electrons. The van der Waals surface area contributed by atoms with E-state index < -0.39 is 0 Å². The summed E-state index contributed by atoms with van der Waals surface area (Å²) in [4.78, 5) is 10.8. The molecule has 0 radical (unpaired) electrons. The summed E-state index contributed by atoms with van der Waals surface area (Å²) in [6.07, 6.45) is 0. The standard InChI is InChI=1S/C14H14N2O/c15-14(17)10-16-13-9-5-4-8-12(13)11-6-2-1-3-7-11/h1-9,16H,10H2,(H2,15,17). The number of nitrogens with one attached hydrogen (secondary N) is 1. The van der Waals surface area contributed by atoms with E-state index in [0.29, 0.717) is 0 Å². The lowest BCUT2D eigenvalue weighted by Gasteiger charge is -2.10. The first-order chi connectivity index (χ1) is 8.27. The third kappa shape index (κ3) is 2.84. The van der Waals surface area contributed by atoms with Gasteiger partial charge in [0.05, 0.1) is 6.54 Å². The fourth-order valence-corrected chi connectivity index (χ4v) is 1.69. The van der Waals surface area contributed by atoms with Crippen LogP contribution >= 0.6 is 0 Å². The molecule has 0 saturated heterocycles. The summed E-state index contributed by atoms with van der Waals surface area (Å²) in [6, 6.07) is 17.9. The largest absolute Gasteiger partial charge is 0.376 e. The molecule has 0 fully saturated rings. The fraction of sp³-hybridized carbons (Fsp3) is 0.0714. The van der Waals surface area contributed by atoms with E-state index in [1.54, 1.807) is 0 Å². The Balaban J connectivity index is 2.31. The van der Waals surface area contributed by atoms with Crippen LogP contribution in [0.25, 0.3) is 11.1 Å². The van der Waals surface area contributed by atoms with Crippen LogP contribution in [0.1, 0.15) is 0 Å². The SMILES string of the molecule is NC(=O)CNc1ccccc1-c1ccccc1. The maximum absolute atomic E-state index is 10.8. The highest BCUT2D eigenvalue weighted by Gasteiger charge is 2.04. The highest BCUT2D eigenvalue weighted by atomic mass is 16.1. The third-order valence-electron chi connectivity index (χ3n) is 2.46. The Bertz CT molecular complexity index is 509. The molecule has 3 N–H and O–H groups in total. The molecule has 0 heterocycles. The number of carbonyl (C=O) groups is 1. The molecule has 0 saturated carbocycles. The Morgan fingerprint density at radius 1 is 1.00 bits per heavy atom. The molecule has 17 heavy (non-hydrogen) atoms. The van der Waals surface area contributed by atoms with E-state index in [9.17, 15) is 4.79 Å². The molecule has 2 aromatic carbocycles. The van der Waals surface area contributed by atoms with Gasteiger partial charge in [-0.1, -0.05) is 48.5 Å². The lowest BCUT2D eigenvalue weighted by atomic mass is 10.0. The first kappa shape index (κ1) is 11.2. The molecule has 3 nitrogen and oxygen atoms in total. The van der Waals surface area contributed by atoms with Crippen LogP contribution in [0.5, 0.6) is 0 Å². The van der Waals surface area contributed by atoms with E-state index in [1.165, 1.54) is 0 Å². The van der Waals surface area contributed by atoms with Gasteiger partial charge in [-0.05, 0) is 11.6 Å². The summed E-state index contributed by atoms with van der Waals surface area (Å²) in [6.45, 7) is 0.143. The molecule has 0 aromatic heterocycles. The van der Waals surface area contributed by atoms with Gasteiger partial charge in [0.25, 0.3) is 0 Å². The molecule has 0 aliphatic carbocycles. The molecule has 2 rings (SSSR count). The Hall–Kier alpha value is -2.29. The highest BCUT2D eigenvalue weighted by molar-refractivity contribution is 5.83. The smallest absolute Gasteiger partial charge is 0.236 e. The van der Waals surface area contributed by atoms with Gasteiger partial charge >= 0.3 is 0 Å². The average molecular weight is 226 g/mol. The maximum Gasteiger partial charge on any atom is 0.236 e. The van der Waals surface area contributed by atoms with E-state index >= 15 is 0 Å². The van der Waals surface area contributed by atoms with E-state index in [1.807, 2.05) is 54.6 Å². The summed E-state index contributed by atoms with van der Waals surface area (Å²) in [5.41, 5.74) is 8.22.